The SMILES string of the molecule is CC#CCCCCc1ccc(CBr)cc1. The molecule has 0 heterocycles. The van der Waals surface area contributed by atoms with Crippen molar-refractivity contribution in [3.05, 3.63) is 35.4 Å². The van der Waals surface area contributed by atoms with Crippen LogP contribution in [0.1, 0.15) is 37.3 Å². The van der Waals surface area contributed by atoms with Gasteiger partial charge in [-0.1, -0.05) is 40.2 Å². The van der Waals surface area contributed by atoms with Crippen LogP contribution in [-0.2, 0) is 11.8 Å². The minimum absolute atomic E-state index is 0.944. The van der Waals surface area contributed by atoms with Gasteiger partial charge in [0.15, 0.2) is 0 Å². The second-order valence-electron chi connectivity index (χ2n) is 3.58. The fourth-order valence-corrected chi connectivity index (χ4v) is 1.84. The van der Waals surface area contributed by atoms with Crippen LogP contribution in [0.2, 0.25) is 0 Å². The molecule has 80 valence electrons. The van der Waals surface area contributed by atoms with Crippen molar-refractivity contribution in [2.24, 2.45) is 0 Å². The van der Waals surface area contributed by atoms with E-state index >= 15 is 0 Å². The van der Waals surface area contributed by atoms with Crippen LogP contribution in [0.3, 0.4) is 0 Å². The second kappa shape index (κ2) is 7.54. The van der Waals surface area contributed by atoms with Crippen LogP contribution in [0.15, 0.2) is 24.3 Å². The average Bonchev–Trinajstić information content (AvgIpc) is 2.30. The van der Waals surface area contributed by atoms with E-state index in [0.29, 0.717) is 0 Å². The number of unbranched alkanes of at least 4 members (excludes halogenated alkanes) is 2. The highest BCUT2D eigenvalue weighted by Gasteiger charge is 1.93. The van der Waals surface area contributed by atoms with Gasteiger partial charge in [-0.15, -0.1) is 11.8 Å². The Balaban J connectivity index is 2.27. The first kappa shape index (κ1) is 12.3. The van der Waals surface area contributed by atoms with Crippen molar-refractivity contribution < 1.29 is 0 Å². The summed E-state index contributed by atoms with van der Waals surface area (Å²) in [7, 11) is 0. The van der Waals surface area contributed by atoms with Crippen molar-refractivity contribution >= 4 is 15.9 Å². The molecule has 0 amide bonds. The van der Waals surface area contributed by atoms with Crippen LogP contribution in [0, 0.1) is 11.8 Å². The monoisotopic (exact) mass is 264 g/mol. The Hall–Kier alpha value is -0.740. The Morgan fingerprint density at radius 3 is 2.33 bits per heavy atom. The Kier molecular flexibility index (Phi) is 6.20. The molecule has 0 aliphatic heterocycles. The van der Waals surface area contributed by atoms with E-state index in [1.807, 2.05) is 6.92 Å². The van der Waals surface area contributed by atoms with Crippen molar-refractivity contribution in [2.75, 3.05) is 0 Å². The minimum atomic E-state index is 0.944. The largest absolute Gasteiger partial charge is 0.107 e. The highest BCUT2D eigenvalue weighted by atomic mass is 79.9. The van der Waals surface area contributed by atoms with Gasteiger partial charge in [-0.2, -0.15) is 0 Å². The van der Waals surface area contributed by atoms with E-state index in [9.17, 15) is 0 Å². The molecule has 0 bridgehead atoms. The highest BCUT2D eigenvalue weighted by Crippen LogP contribution is 2.10. The van der Waals surface area contributed by atoms with E-state index < -0.39 is 0 Å². The standard InChI is InChI=1S/C14H17Br/c1-2-3-4-5-6-7-13-8-10-14(12-15)11-9-13/h8-11H,4-7,12H2,1H3. The molecule has 1 aromatic carbocycles. The third-order valence-electron chi connectivity index (χ3n) is 2.37. The van der Waals surface area contributed by atoms with Gasteiger partial charge in [-0.25, -0.2) is 0 Å². The number of hydrogen-bond acceptors (Lipinski definition) is 0. The van der Waals surface area contributed by atoms with Crippen LogP contribution < -0.4 is 0 Å². The predicted octanol–water partition coefficient (Wildman–Crippen LogP) is 4.32. The van der Waals surface area contributed by atoms with Crippen molar-refractivity contribution in [3.8, 4) is 11.8 Å². The van der Waals surface area contributed by atoms with Crippen molar-refractivity contribution in [2.45, 2.75) is 37.9 Å². The van der Waals surface area contributed by atoms with Crippen LogP contribution in [0.25, 0.3) is 0 Å². The third-order valence-corrected chi connectivity index (χ3v) is 3.02. The lowest BCUT2D eigenvalue weighted by molar-refractivity contribution is 0.756. The summed E-state index contributed by atoms with van der Waals surface area (Å²) in [5, 5.41) is 0.944. The molecule has 0 atom stereocenters. The van der Waals surface area contributed by atoms with Gasteiger partial charge in [0.2, 0.25) is 0 Å². The minimum Gasteiger partial charge on any atom is -0.107 e. The van der Waals surface area contributed by atoms with Gasteiger partial charge in [0, 0.05) is 11.8 Å². The normalized spacial score (nSPS) is 9.47. The van der Waals surface area contributed by atoms with Gasteiger partial charge in [0.1, 0.15) is 0 Å². The first-order valence-corrected chi connectivity index (χ1v) is 6.52. The Morgan fingerprint density at radius 2 is 1.73 bits per heavy atom. The molecule has 1 heteroatoms. The highest BCUT2D eigenvalue weighted by molar-refractivity contribution is 9.08. The summed E-state index contributed by atoms with van der Waals surface area (Å²) in [5.74, 6) is 6.02. The lowest BCUT2D eigenvalue weighted by Gasteiger charge is -2.01. The summed E-state index contributed by atoms with van der Waals surface area (Å²) in [4.78, 5) is 0. The van der Waals surface area contributed by atoms with Crippen LogP contribution in [0.5, 0.6) is 0 Å². The van der Waals surface area contributed by atoms with Gasteiger partial charge in [-0.3, -0.25) is 0 Å². The first-order valence-electron chi connectivity index (χ1n) is 5.40. The molecular formula is C14H17Br. The van der Waals surface area contributed by atoms with E-state index in [1.165, 1.54) is 30.4 Å². The molecule has 0 aromatic heterocycles. The summed E-state index contributed by atoms with van der Waals surface area (Å²) in [6, 6.07) is 8.83. The van der Waals surface area contributed by atoms with E-state index in [4.69, 9.17) is 0 Å². The summed E-state index contributed by atoms with van der Waals surface area (Å²) in [6.07, 6.45) is 4.66. The van der Waals surface area contributed by atoms with Crippen molar-refractivity contribution in [1.29, 1.82) is 0 Å². The maximum Gasteiger partial charge on any atom is 0.0283 e. The van der Waals surface area contributed by atoms with E-state index in [1.54, 1.807) is 0 Å². The van der Waals surface area contributed by atoms with Gasteiger partial charge >= 0.3 is 0 Å². The number of rotatable bonds is 5. The summed E-state index contributed by atoms with van der Waals surface area (Å²) < 4.78 is 0. The first-order chi connectivity index (χ1) is 7.36. The predicted molar refractivity (Wildman–Crippen MR) is 70.1 cm³/mol. The van der Waals surface area contributed by atoms with Gasteiger partial charge in [0.05, 0.1) is 0 Å². The zero-order valence-corrected chi connectivity index (χ0v) is 10.8. The zero-order valence-electron chi connectivity index (χ0n) is 9.22. The van der Waals surface area contributed by atoms with Crippen LogP contribution in [-0.4, -0.2) is 0 Å². The van der Waals surface area contributed by atoms with Gasteiger partial charge in [-0.05, 0) is 37.3 Å². The third kappa shape index (κ3) is 5.04. The lowest BCUT2D eigenvalue weighted by atomic mass is 10.1. The Bertz CT molecular complexity index is 327. The molecule has 0 N–H and O–H groups in total. The molecule has 0 spiro atoms. The molecule has 0 saturated heterocycles. The fraction of sp³-hybridized carbons (Fsp3) is 0.429. The molecule has 0 aliphatic carbocycles. The number of aryl methyl sites for hydroxylation is 1. The summed E-state index contributed by atoms with van der Waals surface area (Å²) in [5.41, 5.74) is 2.78. The van der Waals surface area contributed by atoms with E-state index in [2.05, 4.69) is 52.0 Å². The van der Waals surface area contributed by atoms with E-state index in [0.717, 1.165) is 11.8 Å². The molecule has 0 aliphatic rings. The number of halogens is 1. The molecule has 15 heavy (non-hydrogen) atoms. The number of alkyl halides is 1. The molecule has 0 fully saturated rings. The molecule has 0 nitrogen and oxygen atoms in total. The number of hydrogen-bond donors (Lipinski definition) is 0. The topological polar surface area (TPSA) is 0 Å². The maximum absolute atomic E-state index is 3.45. The van der Waals surface area contributed by atoms with Crippen LogP contribution in [0.4, 0.5) is 0 Å². The van der Waals surface area contributed by atoms with Crippen molar-refractivity contribution in [1.82, 2.24) is 0 Å². The maximum atomic E-state index is 3.45. The molecule has 1 aromatic rings. The second-order valence-corrected chi connectivity index (χ2v) is 4.14. The van der Waals surface area contributed by atoms with Crippen molar-refractivity contribution in [3.63, 3.8) is 0 Å². The fourth-order valence-electron chi connectivity index (χ4n) is 1.46. The molecule has 0 unspecified atom stereocenters. The quantitative estimate of drug-likeness (QED) is 0.422. The Morgan fingerprint density at radius 1 is 1.07 bits per heavy atom. The molecule has 0 saturated carbocycles. The van der Waals surface area contributed by atoms with Gasteiger partial charge in [0.25, 0.3) is 0 Å². The molecule has 1 rings (SSSR count). The van der Waals surface area contributed by atoms with Crippen LogP contribution >= 0.6 is 15.9 Å². The average molecular weight is 265 g/mol. The lowest BCUT2D eigenvalue weighted by Crippen LogP contribution is -1.86. The Labute approximate surface area is 101 Å². The van der Waals surface area contributed by atoms with E-state index in [-0.39, 0.29) is 0 Å². The number of benzene rings is 1. The zero-order chi connectivity index (χ0) is 10.9. The molecular weight excluding hydrogens is 248 g/mol. The smallest absolute Gasteiger partial charge is 0.0283 e. The summed E-state index contributed by atoms with van der Waals surface area (Å²) >= 11 is 3.45. The van der Waals surface area contributed by atoms with Gasteiger partial charge < -0.3 is 0 Å². The summed E-state index contributed by atoms with van der Waals surface area (Å²) in [6.45, 7) is 1.90. The molecule has 0 radical (unpaired) electrons.